The predicted octanol–water partition coefficient (Wildman–Crippen LogP) is 3.12. The normalized spacial score (nSPS) is 19.9. The number of rotatable bonds is 2. The zero-order chi connectivity index (χ0) is 15.8. The van der Waals surface area contributed by atoms with Gasteiger partial charge in [-0.2, -0.15) is 0 Å². The van der Waals surface area contributed by atoms with Crippen LogP contribution in [-0.2, 0) is 0 Å². The molecule has 1 aliphatic heterocycles. The highest BCUT2D eigenvalue weighted by Gasteiger charge is 2.32. The topological polar surface area (TPSA) is 68.5 Å². The summed E-state index contributed by atoms with van der Waals surface area (Å²) in [6.45, 7) is 0. The van der Waals surface area contributed by atoms with Gasteiger partial charge in [0.05, 0.1) is 12.1 Å². The van der Waals surface area contributed by atoms with E-state index in [2.05, 4.69) is 41.8 Å². The van der Waals surface area contributed by atoms with E-state index in [-0.39, 0.29) is 17.9 Å². The molecular formula is C15H12BrFN6. The Morgan fingerprint density at radius 2 is 2.22 bits per heavy atom. The maximum Gasteiger partial charge on any atom is 0.243 e. The van der Waals surface area contributed by atoms with Gasteiger partial charge in [-0.25, -0.2) is 9.07 Å². The van der Waals surface area contributed by atoms with Crippen LogP contribution in [0.4, 0.5) is 10.3 Å². The number of anilines is 1. The number of tetrazole rings is 1. The van der Waals surface area contributed by atoms with Gasteiger partial charge >= 0.3 is 0 Å². The van der Waals surface area contributed by atoms with Crippen molar-refractivity contribution in [2.75, 3.05) is 5.32 Å². The third-order valence-corrected chi connectivity index (χ3v) is 4.45. The van der Waals surface area contributed by atoms with Gasteiger partial charge in [0.1, 0.15) is 5.82 Å². The van der Waals surface area contributed by atoms with E-state index in [1.807, 2.05) is 12.1 Å². The summed E-state index contributed by atoms with van der Waals surface area (Å²) < 4.78 is 16.8. The van der Waals surface area contributed by atoms with Crippen LogP contribution in [0, 0.1) is 5.82 Å². The van der Waals surface area contributed by atoms with Crippen LogP contribution in [0.2, 0.25) is 0 Å². The zero-order valence-corrected chi connectivity index (χ0v) is 13.5. The molecule has 2 aromatic heterocycles. The number of nitrogens with one attached hydrogen (secondary N) is 1. The molecule has 0 radical (unpaired) electrons. The lowest BCUT2D eigenvalue weighted by molar-refractivity contribution is 0.409. The van der Waals surface area contributed by atoms with Gasteiger partial charge in [0.25, 0.3) is 0 Å². The summed E-state index contributed by atoms with van der Waals surface area (Å²) in [5, 5.41) is 15.0. The van der Waals surface area contributed by atoms with Gasteiger partial charge in [0.2, 0.25) is 5.95 Å². The zero-order valence-electron chi connectivity index (χ0n) is 11.9. The van der Waals surface area contributed by atoms with Gasteiger partial charge in [-0.1, -0.05) is 27.1 Å². The van der Waals surface area contributed by atoms with Crippen LogP contribution in [0.25, 0.3) is 0 Å². The van der Waals surface area contributed by atoms with E-state index in [1.54, 1.807) is 29.2 Å². The summed E-state index contributed by atoms with van der Waals surface area (Å²) in [6.07, 6.45) is 4.14. The van der Waals surface area contributed by atoms with Crippen molar-refractivity contribution in [1.82, 2.24) is 25.2 Å². The van der Waals surface area contributed by atoms with Gasteiger partial charge < -0.3 is 5.32 Å². The smallest absolute Gasteiger partial charge is 0.243 e. The van der Waals surface area contributed by atoms with Gasteiger partial charge in [0, 0.05) is 22.4 Å². The third kappa shape index (κ3) is 2.59. The lowest BCUT2D eigenvalue weighted by Gasteiger charge is -2.31. The van der Waals surface area contributed by atoms with Crippen molar-refractivity contribution in [3.05, 3.63) is 64.1 Å². The second kappa shape index (κ2) is 5.69. The van der Waals surface area contributed by atoms with Crippen LogP contribution in [0.5, 0.6) is 0 Å². The Labute approximate surface area is 139 Å². The SMILES string of the molecule is Fc1ccc(Br)cc1[C@@H]1C[C@H](c2cccnc2)Nc2nnnn21. The van der Waals surface area contributed by atoms with E-state index in [4.69, 9.17) is 0 Å². The highest BCUT2D eigenvalue weighted by Crippen LogP contribution is 2.38. The molecule has 0 aliphatic carbocycles. The molecule has 0 spiro atoms. The standard InChI is InChI=1S/C15H12BrFN6/c16-10-3-4-12(17)11(6-10)14-7-13(9-2-1-5-18-8-9)19-15-20-21-22-23(14)15/h1-6,8,13-14H,7H2,(H,19,20,22)/t13-,14+/m1/s1. The second-order valence-electron chi connectivity index (χ2n) is 5.35. The Morgan fingerprint density at radius 3 is 3.04 bits per heavy atom. The Morgan fingerprint density at radius 1 is 1.30 bits per heavy atom. The third-order valence-electron chi connectivity index (χ3n) is 3.95. The molecule has 3 aromatic rings. The first kappa shape index (κ1) is 14.3. The van der Waals surface area contributed by atoms with Crippen LogP contribution in [0.15, 0.2) is 47.2 Å². The molecular weight excluding hydrogens is 363 g/mol. The maximum absolute atomic E-state index is 14.3. The van der Waals surface area contributed by atoms with Crippen LogP contribution in [-0.4, -0.2) is 25.2 Å². The summed E-state index contributed by atoms with van der Waals surface area (Å²) in [7, 11) is 0. The fourth-order valence-electron chi connectivity index (χ4n) is 2.87. The number of pyridine rings is 1. The maximum atomic E-state index is 14.3. The number of hydrogen-bond acceptors (Lipinski definition) is 5. The monoisotopic (exact) mass is 374 g/mol. The Kier molecular flexibility index (Phi) is 3.53. The van der Waals surface area contributed by atoms with Crippen molar-refractivity contribution in [3.8, 4) is 0 Å². The van der Waals surface area contributed by atoms with Gasteiger partial charge in [-0.05, 0) is 46.7 Å². The molecule has 4 rings (SSSR count). The fourth-order valence-corrected chi connectivity index (χ4v) is 3.25. The molecule has 0 saturated heterocycles. The Hall–Kier alpha value is -2.35. The molecule has 1 aliphatic rings. The average Bonchev–Trinajstić information content (AvgIpc) is 3.05. The number of fused-ring (bicyclic) bond motifs is 1. The molecule has 0 saturated carbocycles. The molecule has 0 bridgehead atoms. The minimum atomic E-state index is -0.288. The molecule has 1 aromatic carbocycles. The molecule has 6 nitrogen and oxygen atoms in total. The van der Waals surface area contributed by atoms with E-state index in [0.717, 1.165) is 10.0 Å². The molecule has 116 valence electrons. The molecule has 1 N–H and O–H groups in total. The first-order valence-electron chi connectivity index (χ1n) is 7.11. The van der Waals surface area contributed by atoms with Crippen molar-refractivity contribution >= 4 is 21.9 Å². The van der Waals surface area contributed by atoms with Crippen LogP contribution in [0.1, 0.15) is 29.6 Å². The second-order valence-corrected chi connectivity index (χ2v) is 6.26. The average molecular weight is 375 g/mol. The van der Waals surface area contributed by atoms with Gasteiger partial charge in [0.15, 0.2) is 0 Å². The fraction of sp³-hybridized carbons (Fsp3) is 0.200. The molecule has 0 unspecified atom stereocenters. The predicted molar refractivity (Wildman–Crippen MR) is 85.3 cm³/mol. The first-order valence-corrected chi connectivity index (χ1v) is 7.91. The lowest BCUT2D eigenvalue weighted by atomic mass is 9.94. The van der Waals surface area contributed by atoms with Crippen molar-refractivity contribution in [2.45, 2.75) is 18.5 Å². The molecule has 0 amide bonds. The van der Waals surface area contributed by atoms with Crippen molar-refractivity contribution in [1.29, 1.82) is 0 Å². The number of benzene rings is 1. The minimum Gasteiger partial charge on any atom is -0.346 e. The summed E-state index contributed by atoms with van der Waals surface area (Å²) in [5.41, 5.74) is 1.57. The summed E-state index contributed by atoms with van der Waals surface area (Å²) in [5.74, 6) is 0.251. The lowest BCUT2D eigenvalue weighted by Crippen LogP contribution is -2.28. The first-order chi connectivity index (χ1) is 11.2. The molecule has 3 heterocycles. The molecule has 2 atom stereocenters. The molecule has 23 heavy (non-hydrogen) atoms. The van der Waals surface area contributed by atoms with E-state index in [9.17, 15) is 4.39 Å². The van der Waals surface area contributed by atoms with Crippen molar-refractivity contribution < 1.29 is 4.39 Å². The summed E-state index contributed by atoms with van der Waals surface area (Å²) in [4.78, 5) is 4.15. The van der Waals surface area contributed by atoms with E-state index >= 15 is 0 Å². The van der Waals surface area contributed by atoms with E-state index in [0.29, 0.717) is 17.9 Å². The van der Waals surface area contributed by atoms with Gasteiger partial charge in [-0.15, -0.1) is 0 Å². The van der Waals surface area contributed by atoms with Crippen molar-refractivity contribution in [2.24, 2.45) is 0 Å². The highest BCUT2D eigenvalue weighted by molar-refractivity contribution is 9.10. The number of hydrogen-bond donors (Lipinski definition) is 1. The van der Waals surface area contributed by atoms with Crippen molar-refractivity contribution in [3.63, 3.8) is 0 Å². The largest absolute Gasteiger partial charge is 0.346 e. The van der Waals surface area contributed by atoms with Crippen LogP contribution in [0.3, 0.4) is 0 Å². The van der Waals surface area contributed by atoms with E-state index < -0.39 is 0 Å². The number of halogens is 2. The van der Waals surface area contributed by atoms with Crippen LogP contribution >= 0.6 is 15.9 Å². The Balaban J connectivity index is 1.78. The minimum absolute atomic E-state index is 0.0365. The highest BCUT2D eigenvalue weighted by atomic mass is 79.9. The Bertz CT molecular complexity index is 837. The number of nitrogens with zero attached hydrogens (tertiary/aromatic N) is 5. The van der Waals surface area contributed by atoms with Crippen LogP contribution < -0.4 is 5.32 Å². The van der Waals surface area contributed by atoms with Gasteiger partial charge in [-0.3, -0.25) is 4.98 Å². The summed E-state index contributed by atoms with van der Waals surface area (Å²) in [6, 6.07) is 8.44. The summed E-state index contributed by atoms with van der Waals surface area (Å²) >= 11 is 3.40. The molecule has 0 fully saturated rings. The quantitative estimate of drug-likeness (QED) is 0.746. The van der Waals surface area contributed by atoms with E-state index in [1.165, 1.54) is 6.07 Å². The molecule has 8 heteroatoms. The number of aromatic nitrogens is 5.